The maximum absolute atomic E-state index is 12.8. The molecule has 28 heavy (non-hydrogen) atoms. The van der Waals surface area contributed by atoms with Crippen LogP contribution in [0.5, 0.6) is 0 Å². The summed E-state index contributed by atoms with van der Waals surface area (Å²) in [5, 5.41) is 10.8. The van der Waals surface area contributed by atoms with E-state index in [9.17, 15) is 9.90 Å². The number of nitrogens with zero attached hydrogens (tertiary/aromatic N) is 4. The second-order valence-corrected chi connectivity index (χ2v) is 7.74. The van der Waals surface area contributed by atoms with Gasteiger partial charge < -0.3 is 14.9 Å². The Kier molecular flexibility index (Phi) is 5.39. The van der Waals surface area contributed by atoms with Crippen molar-refractivity contribution in [3.63, 3.8) is 0 Å². The van der Waals surface area contributed by atoms with Crippen molar-refractivity contribution in [2.75, 3.05) is 31.1 Å². The van der Waals surface area contributed by atoms with E-state index in [1.54, 1.807) is 24.5 Å². The van der Waals surface area contributed by atoms with E-state index < -0.39 is 6.10 Å². The number of rotatable bonds is 3. The molecule has 2 aromatic rings. The summed E-state index contributed by atoms with van der Waals surface area (Å²) in [5.74, 6) is 0.699. The molecule has 0 radical (unpaired) electrons. The Morgan fingerprint density at radius 3 is 2.68 bits per heavy atom. The molecule has 2 aliphatic heterocycles. The van der Waals surface area contributed by atoms with Gasteiger partial charge in [0.1, 0.15) is 0 Å². The lowest BCUT2D eigenvalue weighted by Gasteiger charge is -2.50. The monoisotopic (exact) mass is 378 g/mol. The highest BCUT2D eigenvalue weighted by molar-refractivity contribution is 5.91. The van der Waals surface area contributed by atoms with Crippen molar-refractivity contribution in [1.82, 2.24) is 14.9 Å². The number of hydrogen-bond donors (Lipinski definition) is 1. The van der Waals surface area contributed by atoms with E-state index in [1.807, 2.05) is 41.3 Å². The minimum atomic E-state index is -0.416. The molecule has 1 aromatic heterocycles. The molecule has 6 heteroatoms. The van der Waals surface area contributed by atoms with Gasteiger partial charge in [-0.3, -0.25) is 4.79 Å². The molecule has 1 spiro atoms. The normalized spacial score (nSPS) is 25.4. The summed E-state index contributed by atoms with van der Waals surface area (Å²) in [6, 6.07) is 11.6. The van der Waals surface area contributed by atoms with E-state index in [4.69, 9.17) is 0 Å². The summed E-state index contributed by atoms with van der Waals surface area (Å²) >= 11 is 0. The van der Waals surface area contributed by atoms with Crippen molar-refractivity contribution < 1.29 is 9.90 Å². The first kappa shape index (κ1) is 18.6. The number of likely N-dealkylation sites (tertiary alicyclic amines) is 1. The molecule has 2 aliphatic rings. The number of carbonyl (C=O) groups is 1. The minimum Gasteiger partial charge on any atom is -0.392 e. The zero-order valence-electron chi connectivity index (χ0n) is 15.9. The summed E-state index contributed by atoms with van der Waals surface area (Å²) in [6.45, 7) is 2.70. The van der Waals surface area contributed by atoms with Gasteiger partial charge in [0.25, 0.3) is 0 Å². The molecule has 1 aromatic carbocycles. The van der Waals surface area contributed by atoms with Crippen molar-refractivity contribution in [3.8, 4) is 0 Å². The summed E-state index contributed by atoms with van der Waals surface area (Å²) < 4.78 is 0. The number of hydrogen-bond acceptors (Lipinski definition) is 5. The molecule has 2 fully saturated rings. The van der Waals surface area contributed by atoms with E-state index in [-0.39, 0.29) is 11.3 Å². The second kappa shape index (κ2) is 8.10. The lowest BCUT2D eigenvalue weighted by molar-refractivity contribution is -0.132. The summed E-state index contributed by atoms with van der Waals surface area (Å²) in [7, 11) is 0. The zero-order valence-corrected chi connectivity index (χ0v) is 15.9. The standard InChI is InChI=1S/C22H26N4O2/c27-19-10-15-26(21-23-12-5-13-24-21)17-22(19)11-4-14-25(16-22)20(28)9-8-18-6-2-1-3-7-18/h1-3,5-9,12-13,19,27H,4,10-11,14-17H2/b9-8+/t19-,22+/m1/s1. The van der Waals surface area contributed by atoms with E-state index in [2.05, 4.69) is 14.9 Å². The van der Waals surface area contributed by atoms with Crippen molar-refractivity contribution in [2.24, 2.45) is 5.41 Å². The van der Waals surface area contributed by atoms with Crippen LogP contribution in [0.4, 0.5) is 5.95 Å². The quantitative estimate of drug-likeness (QED) is 0.831. The van der Waals surface area contributed by atoms with Crippen LogP contribution in [0.2, 0.25) is 0 Å². The van der Waals surface area contributed by atoms with Crippen LogP contribution in [-0.2, 0) is 4.79 Å². The molecule has 4 rings (SSSR count). The Hall–Kier alpha value is -2.73. The molecule has 3 heterocycles. The van der Waals surface area contributed by atoms with Crippen molar-refractivity contribution in [1.29, 1.82) is 0 Å². The van der Waals surface area contributed by atoms with E-state index in [1.165, 1.54) is 0 Å². The fourth-order valence-corrected chi connectivity index (χ4v) is 4.36. The highest BCUT2D eigenvalue weighted by Crippen LogP contribution is 2.39. The third-order valence-corrected chi connectivity index (χ3v) is 5.86. The SMILES string of the molecule is O=C(/C=C/c1ccccc1)N1CCC[C@]2(C1)CN(c1ncccn1)CC[C@H]2O. The molecule has 2 saturated heterocycles. The van der Waals surface area contributed by atoms with Crippen molar-refractivity contribution in [3.05, 3.63) is 60.4 Å². The molecule has 0 saturated carbocycles. The third-order valence-electron chi connectivity index (χ3n) is 5.86. The van der Waals surface area contributed by atoms with Crippen molar-refractivity contribution >= 4 is 17.9 Å². The third kappa shape index (κ3) is 3.92. The minimum absolute atomic E-state index is 0.00297. The fraction of sp³-hybridized carbons (Fsp3) is 0.409. The molecule has 6 nitrogen and oxygen atoms in total. The van der Waals surface area contributed by atoms with Gasteiger partial charge in [-0.2, -0.15) is 0 Å². The van der Waals surface area contributed by atoms with Gasteiger partial charge in [-0.15, -0.1) is 0 Å². The van der Waals surface area contributed by atoms with Gasteiger partial charge in [0.15, 0.2) is 0 Å². The maximum Gasteiger partial charge on any atom is 0.246 e. The van der Waals surface area contributed by atoms with Crippen LogP contribution in [0.25, 0.3) is 6.08 Å². The number of aliphatic hydroxyl groups is 1. The number of aromatic nitrogens is 2. The lowest BCUT2D eigenvalue weighted by atomic mass is 9.71. The summed E-state index contributed by atoms with van der Waals surface area (Å²) in [6.07, 6.45) is 9.03. The van der Waals surface area contributed by atoms with Gasteiger partial charge >= 0.3 is 0 Å². The van der Waals surface area contributed by atoms with E-state index in [0.717, 1.165) is 31.5 Å². The zero-order chi connectivity index (χ0) is 19.4. The Labute approximate surface area is 165 Å². The first-order valence-electron chi connectivity index (χ1n) is 9.88. The Morgan fingerprint density at radius 2 is 1.89 bits per heavy atom. The largest absolute Gasteiger partial charge is 0.392 e. The Balaban J connectivity index is 1.48. The van der Waals surface area contributed by atoms with Gasteiger partial charge in [-0.1, -0.05) is 30.3 Å². The molecule has 0 bridgehead atoms. The second-order valence-electron chi connectivity index (χ2n) is 7.74. The number of carbonyl (C=O) groups excluding carboxylic acids is 1. The molecule has 0 unspecified atom stereocenters. The molecule has 0 aliphatic carbocycles. The van der Waals surface area contributed by atoms with Crippen LogP contribution in [0.1, 0.15) is 24.8 Å². The van der Waals surface area contributed by atoms with Crippen LogP contribution in [-0.4, -0.2) is 58.2 Å². The molecular formula is C22H26N4O2. The smallest absolute Gasteiger partial charge is 0.246 e. The average Bonchev–Trinajstić information content (AvgIpc) is 2.75. The van der Waals surface area contributed by atoms with Gasteiger partial charge in [-0.25, -0.2) is 9.97 Å². The predicted octanol–water partition coefficient (Wildman–Crippen LogP) is 2.37. The first-order chi connectivity index (χ1) is 13.7. The first-order valence-corrected chi connectivity index (χ1v) is 9.88. The number of benzene rings is 1. The number of piperidine rings is 2. The Morgan fingerprint density at radius 1 is 1.11 bits per heavy atom. The van der Waals surface area contributed by atoms with Gasteiger partial charge in [-0.05, 0) is 37.0 Å². The van der Waals surface area contributed by atoms with Crippen LogP contribution >= 0.6 is 0 Å². The van der Waals surface area contributed by atoms with Gasteiger partial charge in [0, 0.05) is 50.1 Å². The van der Waals surface area contributed by atoms with Crippen molar-refractivity contribution in [2.45, 2.75) is 25.4 Å². The fourth-order valence-electron chi connectivity index (χ4n) is 4.36. The van der Waals surface area contributed by atoms with Crippen LogP contribution < -0.4 is 4.90 Å². The number of amides is 1. The summed E-state index contributed by atoms with van der Waals surface area (Å²) in [5.41, 5.74) is 0.680. The topological polar surface area (TPSA) is 69.6 Å². The average molecular weight is 378 g/mol. The van der Waals surface area contributed by atoms with E-state index in [0.29, 0.717) is 25.5 Å². The molecule has 2 atom stereocenters. The van der Waals surface area contributed by atoms with E-state index >= 15 is 0 Å². The number of anilines is 1. The number of aliphatic hydroxyl groups excluding tert-OH is 1. The highest BCUT2D eigenvalue weighted by Gasteiger charge is 2.46. The van der Waals surface area contributed by atoms with Crippen LogP contribution in [0.3, 0.4) is 0 Å². The lowest BCUT2D eigenvalue weighted by Crippen LogP contribution is -2.60. The van der Waals surface area contributed by atoms with Crippen LogP contribution in [0, 0.1) is 5.41 Å². The maximum atomic E-state index is 12.8. The summed E-state index contributed by atoms with van der Waals surface area (Å²) in [4.78, 5) is 25.5. The predicted molar refractivity (Wildman–Crippen MR) is 109 cm³/mol. The van der Waals surface area contributed by atoms with Gasteiger partial charge in [0.2, 0.25) is 11.9 Å². The molecule has 1 amide bonds. The van der Waals surface area contributed by atoms with Gasteiger partial charge in [0.05, 0.1) is 6.10 Å². The molecule has 1 N–H and O–H groups in total. The molecular weight excluding hydrogens is 352 g/mol. The highest BCUT2D eigenvalue weighted by atomic mass is 16.3. The van der Waals surface area contributed by atoms with Crippen LogP contribution in [0.15, 0.2) is 54.9 Å². The molecule has 146 valence electrons. The Bertz CT molecular complexity index is 827.